The molecule has 54 valence electrons. The van der Waals surface area contributed by atoms with Crippen molar-refractivity contribution in [2.24, 2.45) is 0 Å². The van der Waals surface area contributed by atoms with Crippen LogP contribution in [-0.4, -0.2) is 31.6 Å². The highest BCUT2D eigenvalue weighted by atomic mass is 16.1. The molecule has 0 aromatic carbocycles. The van der Waals surface area contributed by atoms with Crippen LogP contribution in [0.5, 0.6) is 0 Å². The third kappa shape index (κ3) is 3.08. The lowest BCUT2D eigenvalue weighted by Gasteiger charge is -2.21. The molecule has 0 radical (unpaired) electrons. The van der Waals surface area contributed by atoms with E-state index in [2.05, 4.69) is 5.32 Å². The topological polar surface area (TPSA) is 32.3 Å². The molecule has 0 saturated heterocycles. The minimum absolute atomic E-state index is 0.183. The summed E-state index contributed by atoms with van der Waals surface area (Å²) < 4.78 is 0. The van der Waals surface area contributed by atoms with Gasteiger partial charge in [0.1, 0.15) is 0 Å². The Kier molecular flexibility index (Phi) is 4.05. The highest BCUT2D eigenvalue weighted by molar-refractivity contribution is 5.46. The van der Waals surface area contributed by atoms with Gasteiger partial charge in [0.15, 0.2) is 0 Å². The van der Waals surface area contributed by atoms with Gasteiger partial charge in [-0.25, -0.2) is 0 Å². The molecule has 0 saturated carbocycles. The van der Waals surface area contributed by atoms with Crippen LogP contribution in [-0.2, 0) is 4.79 Å². The number of nitrogens with zero attached hydrogens (tertiary/aromatic N) is 1. The Morgan fingerprint density at radius 2 is 2.22 bits per heavy atom. The molecule has 0 aromatic rings. The third-order valence-electron chi connectivity index (χ3n) is 1.27. The Labute approximate surface area is 56.0 Å². The number of hydrogen-bond acceptors (Lipinski definition) is 2. The van der Waals surface area contributed by atoms with Crippen molar-refractivity contribution < 1.29 is 4.79 Å². The number of hydrogen-bond donors (Lipinski definition) is 1. The largest absolute Gasteiger partial charge is 0.343 e. The average Bonchev–Trinajstić information content (AvgIpc) is 1.82. The Balaban J connectivity index is 3.53. The Morgan fingerprint density at radius 1 is 1.67 bits per heavy atom. The molecule has 0 spiro atoms. The highest BCUT2D eigenvalue weighted by Crippen LogP contribution is 1.91. The van der Waals surface area contributed by atoms with E-state index in [1.807, 2.05) is 25.9 Å². The van der Waals surface area contributed by atoms with Gasteiger partial charge in [-0.2, -0.15) is 0 Å². The zero-order chi connectivity index (χ0) is 7.28. The molecule has 0 rings (SSSR count). The zero-order valence-electron chi connectivity index (χ0n) is 6.22. The molecule has 0 heterocycles. The van der Waals surface area contributed by atoms with Crippen molar-refractivity contribution in [3.63, 3.8) is 0 Å². The van der Waals surface area contributed by atoms with Crippen molar-refractivity contribution in [1.29, 1.82) is 0 Å². The molecule has 0 aliphatic carbocycles. The maximum absolute atomic E-state index is 9.94. The van der Waals surface area contributed by atoms with Crippen LogP contribution in [0, 0.1) is 0 Å². The van der Waals surface area contributed by atoms with Gasteiger partial charge in [-0.15, -0.1) is 0 Å². The van der Waals surface area contributed by atoms with Crippen LogP contribution in [0.4, 0.5) is 0 Å². The normalized spacial score (nSPS) is 13.3. The molecule has 3 heteroatoms. The average molecular weight is 130 g/mol. The standard InChI is InChI=1S/C6H14N2O/c1-4-6(7-5-9)8(2)3/h5-6H,4H2,1-3H3,(H,7,9). The summed E-state index contributed by atoms with van der Waals surface area (Å²) in [4.78, 5) is 11.9. The molecule has 1 amide bonds. The third-order valence-corrected chi connectivity index (χ3v) is 1.27. The molecule has 3 nitrogen and oxygen atoms in total. The number of carbonyl (C=O) groups excluding carboxylic acids is 1. The van der Waals surface area contributed by atoms with E-state index >= 15 is 0 Å². The summed E-state index contributed by atoms with van der Waals surface area (Å²) in [5.74, 6) is 0. The summed E-state index contributed by atoms with van der Waals surface area (Å²) in [7, 11) is 3.87. The number of nitrogens with one attached hydrogen (secondary N) is 1. The van der Waals surface area contributed by atoms with Crippen LogP contribution in [0.15, 0.2) is 0 Å². The number of rotatable bonds is 4. The number of amides is 1. The SMILES string of the molecule is CCC(NC=O)N(C)C. The van der Waals surface area contributed by atoms with E-state index < -0.39 is 0 Å². The predicted octanol–water partition coefficient (Wildman–Crippen LogP) is 0.0301. The van der Waals surface area contributed by atoms with Gasteiger partial charge < -0.3 is 5.32 Å². The van der Waals surface area contributed by atoms with Crippen LogP contribution >= 0.6 is 0 Å². The maximum atomic E-state index is 9.94. The first-order chi connectivity index (χ1) is 4.22. The second-order valence-electron chi connectivity index (χ2n) is 2.17. The quantitative estimate of drug-likeness (QED) is 0.430. The highest BCUT2D eigenvalue weighted by Gasteiger charge is 2.04. The van der Waals surface area contributed by atoms with Crippen molar-refractivity contribution in [1.82, 2.24) is 10.2 Å². The van der Waals surface area contributed by atoms with E-state index in [1.54, 1.807) is 0 Å². The minimum atomic E-state index is 0.183. The maximum Gasteiger partial charge on any atom is 0.208 e. The van der Waals surface area contributed by atoms with Crippen molar-refractivity contribution in [3.05, 3.63) is 0 Å². The first kappa shape index (κ1) is 8.43. The van der Waals surface area contributed by atoms with Gasteiger partial charge in [0.05, 0.1) is 6.17 Å². The second-order valence-corrected chi connectivity index (χ2v) is 2.17. The summed E-state index contributed by atoms with van der Waals surface area (Å²) in [6.07, 6.45) is 1.85. The van der Waals surface area contributed by atoms with E-state index in [0.29, 0.717) is 0 Å². The molecular formula is C6H14N2O. The molecule has 0 aromatic heterocycles. The van der Waals surface area contributed by atoms with Gasteiger partial charge >= 0.3 is 0 Å². The van der Waals surface area contributed by atoms with Crippen LogP contribution in [0.3, 0.4) is 0 Å². The lowest BCUT2D eigenvalue weighted by Crippen LogP contribution is -2.39. The molecule has 1 atom stereocenters. The summed E-state index contributed by atoms with van der Waals surface area (Å²) in [5, 5.41) is 2.68. The van der Waals surface area contributed by atoms with E-state index in [4.69, 9.17) is 0 Å². The van der Waals surface area contributed by atoms with Crippen molar-refractivity contribution >= 4 is 6.41 Å². The van der Waals surface area contributed by atoms with Gasteiger partial charge in [-0.05, 0) is 20.5 Å². The molecule has 0 aliphatic heterocycles. The van der Waals surface area contributed by atoms with E-state index in [0.717, 1.165) is 12.8 Å². The Morgan fingerprint density at radius 3 is 2.33 bits per heavy atom. The molecule has 1 unspecified atom stereocenters. The molecule has 9 heavy (non-hydrogen) atoms. The monoisotopic (exact) mass is 130 g/mol. The van der Waals surface area contributed by atoms with Gasteiger partial charge in [-0.3, -0.25) is 9.69 Å². The van der Waals surface area contributed by atoms with E-state index in [9.17, 15) is 4.79 Å². The Hall–Kier alpha value is -0.570. The first-order valence-corrected chi connectivity index (χ1v) is 3.08. The summed E-state index contributed by atoms with van der Waals surface area (Å²) in [6, 6.07) is 0. The minimum Gasteiger partial charge on any atom is -0.343 e. The fourth-order valence-corrected chi connectivity index (χ4v) is 0.711. The van der Waals surface area contributed by atoms with Crippen LogP contribution in [0.1, 0.15) is 13.3 Å². The molecule has 1 N–H and O–H groups in total. The smallest absolute Gasteiger partial charge is 0.208 e. The lowest BCUT2D eigenvalue weighted by atomic mass is 10.3. The van der Waals surface area contributed by atoms with Crippen molar-refractivity contribution in [3.8, 4) is 0 Å². The molecule has 0 fully saturated rings. The van der Waals surface area contributed by atoms with Gasteiger partial charge in [0.25, 0.3) is 0 Å². The summed E-state index contributed by atoms with van der Waals surface area (Å²) in [6.45, 7) is 2.03. The Bertz CT molecular complexity index is 83.1. The summed E-state index contributed by atoms with van der Waals surface area (Å²) >= 11 is 0. The van der Waals surface area contributed by atoms with E-state index in [-0.39, 0.29) is 6.17 Å². The lowest BCUT2D eigenvalue weighted by molar-refractivity contribution is -0.111. The van der Waals surface area contributed by atoms with Crippen LogP contribution in [0.25, 0.3) is 0 Å². The van der Waals surface area contributed by atoms with Crippen LogP contribution in [0.2, 0.25) is 0 Å². The van der Waals surface area contributed by atoms with E-state index in [1.165, 1.54) is 0 Å². The predicted molar refractivity (Wildman–Crippen MR) is 37.0 cm³/mol. The zero-order valence-corrected chi connectivity index (χ0v) is 6.22. The van der Waals surface area contributed by atoms with Gasteiger partial charge in [0.2, 0.25) is 6.41 Å². The van der Waals surface area contributed by atoms with Gasteiger partial charge in [-0.1, -0.05) is 6.92 Å². The first-order valence-electron chi connectivity index (χ1n) is 3.08. The van der Waals surface area contributed by atoms with Crippen molar-refractivity contribution in [2.75, 3.05) is 14.1 Å². The fraction of sp³-hybridized carbons (Fsp3) is 0.833. The summed E-state index contributed by atoms with van der Waals surface area (Å²) in [5.41, 5.74) is 0. The van der Waals surface area contributed by atoms with Gasteiger partial charge in [0, 0.05) is 0 Å². The fourth-order valence-electron chi connectivity index (χ4n) is 0.711. The number of carbonyl (C=O) groups is 1. The molecule has 0 aliphatic rings. The van der Waals surface area contributed by atoms with Crippen molar-refractivity contribution in [2.45, 2.75) is 19.5 Å². The molecule has 0 bridgehead atoms. The molecular weight excluding hydrogens is 116 g/mol. The second kappa shape index (κ2) is 4.32. The van der Waals surface area contributed by atoms with Crippen LogP contribution < -0.4 is 5.32 Å².